The van der Waals surface area contributed by atoms with Crippen LogP contribution in [-0.4, -0.2) is 41.6 Å². The summed E-state index contributed by atoms with van der Waals surface area (Å²) in [5.41, 5.74) is 0.542. The number of ether oxygens (including phenoxy) is 1. The number of hydrogen-bond donors (Lipinski definition) is 1. The number of likely N-dealkylation sites (tertiary alicyclic amines) is 1. The van der Waals surface area contributed by atoms with Crippen molar-refractivity contribution in [2.24, 2.45) is 0 Å². The summed E-state index contributed by atoms with van der Waals surface area (Å²) >= 11 is 3.37. The molecule has 1 fully saturated rings. The van der Waals surface area contributed by atoms with Crippen LogP contribution in [0.3, 0.4) is 0 Å². The van der Waals surface area contributed by atoms with Crippen molar-refractivity contribution in [3.05, 3.63) is 28.2 Å². The van der Waals surface area contributed by atoms with E-state index in [1.807, 2.05) is 0 Å². The van der Waals surface area contributed by atoms with E-state index in [9.17, 15) is 9.59 Å². The van der Waals surface area contributed by atoms with E-state index in [4.69, 9.17) is 9.84 Å². The van der Waals surface area contributed by atoms with Gasteiger partial charge in [-0.05, 0) is 53.4 Å². The van der Waals surface area contributed by atoms with Crippen LogP contribution in [0.5, 0.6) is 5.75 Å². The predicted octanol–water partition coefficient (Wildman–Crippen LogP) is 2.93. The molecule has 0 spiro atoms. The number of carboxylic acids is 1. The fourth-order valence-corrected chi connectivity index (χ4v) is 3.19. The zero-order chi connectivity index (χ0) is 15.4. The largest absolute Gasteiger partial charge is 0.496 e. The van der Waals surface area contributed by atoms with E-state index in [2.05, 4.69) is 15.9 Å². The van der Waals surface area contributed by atoms with Crippen molar-refractivity contribution in [3.63, 3.8) is 0 Å². The first-order valence-electron chi connectivity index (χ1n) is 6.89. The smallest absolute Gasteiger partial charge is 0.305 e. The summed E-state index contributed by atoms with van der Waals surface area (Å²) in [6.07, 6.45) is 2.63. The fraction of sp³-hybridized carbons (Fsp3) is 0.467. The highest BCUT2D eigenvalue weighted by Crippen LogP contribution is 2.28. The van der Waals surface area contributed by atoms with Crippen LogP contribution >= 0.6 is 15.9 Å². The molecule has 0 radical (unpaired) electrons. The van der Waals surface area contributed by atoms with Crippen LogP contribution in [0, 0.1) is 0 Å². The normalized spacial score (nSPS) is 18.4. The summed E-state index contributed by atoms with van der Waals surface area (Å²) in [5.74, 6) is -0.327. The number of carbonyl (C=O) groups excluding carboxylic acids is 1. The number of carboxylic acid groups (broad SMARTS) is 1. The second kappa shape index (κ2) is 6.93. The van der Waals surface area contributed by atoms with E-state index in [-0.39, 0.29) is 18.4 Å². The molecule has 0 aliphatic carbocycles. The minimum atomic E-state index is -0.865. The summed E-state index contributed by atoms with van der Waals surface area (Å²) in [7, 11) is 1.56. The molecule has 6 heteroatoms. The van der Waals surface area contributed by atoms with Crippen molar-refractivity contribution >= 4 is 27.8 Å². The van der Waals surface area contributed by atoms with Crippen molar-refractivity contribution in [1.29, 1.82) is 0 Å². The van der Waals surface area contributed by atoms with Gasteiger partial charge in [0.1, 0.15) is 5.75 Å². The van der Waals surface area contributed by atoms with Crippen molar-refractivity contribution in [3.8, 4) is 5.75 Å². The van der Waals surface area contributed by atoms with Gasteiger partial charge in [0.05, 0.1) is 18.0 Å². The first kappa shape index (κ1) is 15.8. The Labute approximate surface area is 132 Å². The molecule has 0 saturated carbocycles. The van der Waals surface area contributed by atoms with Gasteiger partial charge in [-0.3, -0.25) is 9.59 Å². The molecule has 21 heavy (non-hydrogen) atoms. The topological polar surface area (TPSA) is 66.8 Å². The van der Waals surface area contributed by atoms with E-state index < -0.39 is 5.97 Å². The summed E-state index contributed by atoms with van der Waals surface area (Å²) < 4.78 is 5.86. The lowest BCUT2D eigenvalue weighted by atomic mass is 9.98. The Hall–Kier alpha value is -1.56. The maximum atomic E-state index is 12.6. The van der Waals surface area contributed by atoms with Crippen molar-refractivity contribution in [1.82, 2.24) is 4.90 Å². The molecule has 1 unspecified atom stereocenters. The van der Waals surface area contributed by atoms with Crippen LogP contribution in [0.15, 0.2) is 22.7 Å². The Morgan fingerprint density at radius 3 is 2.81 bits per heavy atom. The zero-order valence-electron chi connectivity index (χ0n) is 11.8. The highest BCUT2D eigenvalue weighted by Gasteiger charge is 2.29. The maximum Gasteiger partial charge on any atom is 0.305 e. The van der Waals surface area contributed by atoms with Crippen LogP contribution in [-0.2, 0) is 4.79 Å². The van der Waals surface area contributed by atoms with Gasteiger partial charge in [-0.1, -0.05) is 0 Å². The SMILES string of the molecule is COc1ccc(C(=O)N2CCCCC2CC(=O)O)cc1Br. The van der Waals surface area contributed by atoms with Gasteiger partial charge in [-0.2, -0.15) is 0 Å². The summed E-state index contributed by atoms with van der Waals surface area (Å²) in [5, 5.41) is 8.99. The third kappa shape index (κ3) is 3.75. The quantitative estimate of drug-likeness (QED) is 0.901. The van der Waals surface area contributed by atoms with Gasteiger partial charge in [-0.15, -0.1) is 0 Å². The number of halogens is 1. The standard InChI is InChI=1S/C15H18BrNO4/c1-21-13-6-5-10(8-12(13)16)15(20)17-7-3-2-4-11(17)9-14(18)19/h5-6,8,11H,2-4,7,9H2,1H3,(H,18,19). The van der Waals surface area contributed by atoms with E-state index in [0.717, 1.165) is 19.3 Å². The molecule has 1 heterocycles. The number of hydrogen-bond acceptors (Lipinski definition) is 3. The Morgan fingerprint density at radius 1 is 1.43 bits per heavy atom. The number of aliphatic carboxylic acids is 1. The molecular weight excluding hydrogens is 338 g/mol. The number of benzene rings is 1. The van der Waals surface area contributed by atoms with Gasteiger partial charge >= 0.3 is 5.97 Å². The molecule has 1 aliphatic heterocycles. The van der Waals surface area contributed by atoms with Crippen LogP contribution in [0.25, 0.3) is 0 Å². The third-order valence-electron chi connectivity index (χ3n) is 3.70. The molecule has 2 rings (SSSR count). The number of nitrogens with zero attached hydrogens (tertiary/aromatic N) is 1. The molecule has 1 aromatic carbocycles. The summed E-state index contributed by atoms with van der Waals surface area (Å²) in [4.78, 5) is 25.2. The van der Waals surface area contributed by atoms with E-state index in [1.54, 1.807) is 30.2 Å². The molecule has 5 nitrogen and oxygen atoms in total. The van der Waals surface area contributed by atoms with Crippen molar-refractivity contribution in [2.75, 3.05) is 13.7 Å². The Kier molecular flexibility index (Phi) is 5.22. The van der Waals surface area contributed by atoms with Gasteiger partial charge < -0.3 is 14.7 Å². The first-order valence-corrected chi connectivity index (χ1v) is 7.68. The van der Waals surface area contributed by atoms with Crippen LogP contribution < -0.4 is 4.74 Å². The van der Waals surface area contributed by atoms with E-state index >= 15 is 0 Å². The Morgan fingerprint density at radius 2 is 2.19 bits per heavy atom. The van der Waals surface area contributed by atoms with Crippen molar-refractivity contribution in [2.45, 2.75) is 31.7 Å². The minimum absolute atomic E-state index is 0.00304. The molecule has 0 aromatic heterocycles. The molecule has 1 N–H and O–H groups in total. The number of carbonyl (C=O) groups is 2. The highest BCUT2D eigenvalue weighted by atomic mass is 79.9. The Balaban J connectivity index is 2.20. The highest BCUT2D eigenvalue weighted by molar-refractivity contribution is 9.10. The molecule has 1 saturated heterocycles. The van der Waals surface area contributed by atoms with Crippen LogP contribution in [0.2, 0.25) is 0 Å². The number of piperidine rings is 1. The lowest BCUT2D eigenvalue weighted by Gasteiger charge is -2.35. The molecule has 1 aliphatic rings. The van der Waals surface area contributed by atoms with Gasteiger partial charge in [0.2, 0.25) is 0 Å². The van der Waals surface area contributed by atoms with Gasteiger partial charge in [-0.25, -0.2) is 0 Å². The number of methoxy groups -OCH3 is 1. The molecule has 0 bridgehead atoms. The molecule has 1 aromatic rings. The first-order chi connectivity index (χ1) is 10.0. The van der Waals surface area contributed by atoms with Crippen LogP contribution in [0.1, 0.15) is 36.0 Å². The average Bonchev–Trinajstić information content (AvgIpc) is 2.46. The summed E-state index contributed by atoms with van der Waals surface area (Å²) in [6.45, 7) is 0.612. The van der Waals surface area contributed by atoms with E-state index in [1.165, 1.54) is 0 Å². The fourth-order valence-electron chi connectivity index (χ4n) is 2.65. The average molecular weight is 356 g/mol. The molecule has 1 atom stereocenters. The minimum Gasteiger partial charge on any atom is -0.496 e. The lowest BCUT2D eigenvalue weighted by molar-refractivity contribution is -0.138. The Bertz CT molecular complexity index is 546. The molecular formula is C15H18BrNO4. The molecule has 114 valence electrons. The van der Waals surface area contributed by atoms with Crippen LogP contribution in [0.4, 0.5) is 0 Å². The maximum absolute atomic E-state index is 12.6. The van der Waals surface area contributed by atoms with Crippen molar-refractivity contribution < 1.29 is 19.4 Å². The number of rotatable bonds is 4. The monoisotopic (exact) mass is 355 g/mol. The van der Waals surface area contributed by atoms with Gasteiger partial charge in [0.15, 0.2) is 0 Å². The lowest BCUT2D eigenvalue weighted by Crippen LogP contribution is -2.44. The molecule has 1 amide bonds. The summed E-state index contributed by atoms with van der Waals surface area (Å²) in [6, 6.07) is 4.93. The second-order valence-corrected chi connectivity index (χ2v) is 5.95. The third-order valence-corrected chi connectivity index (χ3v) is 4.32. The zero-order valence-corrected chi connectivity index (χ0v) is 13.4. The number of amides is 1. The van der Waals surface area contributed by atoms with E-state index in [0.29, 0.717) is 22.3 Å². The second-order valence-electron chi connectivity index (χ2n) is 5.10. The van der Waals surface area contributed by atoms with Gasteiger partial charge in [0, 0.05) is 18.2 Å². The predicted molar refractivity (Wildman–Crippen MR) is 81.6 cm³/mol. The van der Waals surface area contributed by atoms with Gasteiger partial charge in [0.25, 0.3) is 5.91 Å².